The number of allylic oxidation sites excluding steroid dienone is 1. The lowest BCUT2D eigenvalue weighted by Crippen LogP contribution is -2.18. The number of aryl methyl sites for hydroxylation is 1. The number of hydrogen-bond donors (Lipinski definition) is 1. The van der Waals surface area contributed by atoms with Crippen LogP contribution in [0.15, 0.2) is 78.7 Å². The minimum absolute atomic E-state index is 0.193. The standard InChI is InChI=1S/C21H21NO3/c1-2-16-8-10-18(11-9-16)22-14-12-19(23)20-13-15-24-21(25-20)17-6-4-3-5-7-17/h3-14,21-22H,2,15H2,1H3/b14-12-. The molecule has 4 nitrogen and oxygen atoms in total. The Morgan fingerprint density at radius 3 is 2.64 bits per heavy atom. The summed E-state index contributed by atoms with van der Waals surface area (Å²) >= 11 is 0. The van der Waals surface area contributed by atoms with Gasteiger partial charge in [0.25, 0.3) is 0 Å². The zero-order chi connectivity index (χ0) is 17.5. The Morgan fingerprint density at radius 1 is 1.16 bits per heavy atom. The highest BCUT2D eigenvalue weighted by atomic mass is 16.7. The van der Waals surface area contributed by atoms with Gasteiger partial charge in [-0.25, -0.2) is 0 Å². The Labute approximate surface area is 147 Å². The maximum absolute atomic E-state index is 12.3. The summed E-state index contributed by atoms with van der Waals surface area (Å²) in [4.78, 5) is 12.3. The third-order valence-electron chi connectivity index (χ3n) is 3.91. The van der Waals surface area contributed by atoms with Crippen molar-refractivity contribution in [2.75, 3.05) is 11.9 Å². The molecule has 2 aromatic carbocycles. The zero-order valence-electron chi connectivity index (χ0n) is 14.1. The van der Waals surface area contributed by atoms with Crippen LogP contribution < -0.4 is 5.32 Å². The number of ether oxygens (including phenoxy) is 2. The SMILES string of the molecule is CCc1ccc(N/C=C\C(=O)C2=CCOC(c3ccccc3)O2)cc1. The second-order valence-electron chi connectivity index (χ2n) is 5.65. The molecule has 25 heavy (non-hydrogen) atoms. The Kier molecular flexibility index (Phi) is 5.65. The monoisotopic (exact) mass is 335 g/mol. The smallest absolute Gasteiger partial charge is 0.227 e. The third kappa shape index (κ3) is 4.58. The van der Waals surface area contributed by atoms with Crippen LogP contribution in [-0.2, 0) is 20.7 Å². The third-order valence-corrected chi connectivity index (χ3v) is 3.91. The van der Waals surface area contributed by atoms with E-state index >= 15 is 0 Å². The summed E-state index contributed by atoms with van der Waals surface area (Å²) in [6.45, 7) is 2.46. The summed E-state index contributed by atoms with van der Waals surface area (Å²) in [6, 6.07) is 17.7. The van der Waals surface area contributed by atoms with Crippen LogP contribution in [0.25, 0.3) is 0 Å². The first-order valence-electron chi connectivity index (χ1n) is 8.36. The number of carbonyl (C=O) groups is 1. The summed E-state index contributed by atoms with van der Waals surface area (Å²) in [6.07, 6.45) is 5.20. The molecule has 2 aromatic rings. The molecule has 1 unspecified atom stereocenters. The lowest BCUT2D eigenvalue weighted by molar-refractivity contribution is -0.142. The first kappa shape index (κ1) is 17.0. The van der Waals surface area contributed by atoms with E-state index < -0.39 is 6.29 Å². The molecule has 0 saturated carbocycles. The van der Waals surface area contributed by atoms with Crippen molar-refractivity contribution in [1.29, 1.82) is 0 Å². The Bertz CT molecular complexity index is 763. The molecular weight excluding hydrogens is 314 g/mol. The Hall–Kier alpha value is -2.85. The summed E-state index contributed by atoms with van der Waals surface area (Å²) < 4.78 is 11.2. The molecule has 3 rings (SSSR count). The predicted octanol–water partition coefficient (Wildman–Crippen LogP) is 4.37. The maximum atomic E-state index is 12.3. The van der Waals surface area contributed by atoms with Crippen LogP contribution in [0.1, 0.15) is 24.3 Å². The van der Waals surface area contributed by atoms with Crippen LogP contribution in [0.4, 0.5) is 5.69 Å². The number of benzene rings is 2. The van der Waals surface area contributed by atoms with Crippen LogP contribution >= 0.6 is 0 Å². The van der Waals surface area contributed by atoms with E-state index in [9.17, 15) is 4.79 Å². The largest absolute Gasteiger partial charge is 0.457 e. The van der Waals surface area contributed by atoms with Gasteiger partial charge in [-0.05, 0) is 30.2 Å². The number of nitrogens with one attached hydrogen (secondary N) is 1. The molecule has 0 aromatic heterocycles. The van der Waals surface area contributed by atoms with Crippen LogP contribution in [-0.4, -0.2) is 12.4 Å². The minimum atomic E-state index is -0.548. The van der Waals surface area contributed by atoms with Gasteiger partial charge in [0.05, 0.1) is 6.61 Å². The average Bonchev–Trinajstić information content (AvgIpc) is 2.69. The van der Waals surface area contributed by atoms with Gasteiger partial charge >= 0.3 is 0 Å². The molecule has 128 valence electrons. The first-order chi connectivity index (χ1) is 12.3. The average molecular weight is 335 g/mol. The maximum Gasteiger partial charge on any atom is 0.227 e. The van der Waals surface area contributed by atoms with Gasteiger partial charge in [0.2, 0.25) is 12.1 Å². The topological polar surface area (TPSA) is 47.6 Å². The normalized spacial score (nSPS) is 17.0. The summed E-state index contributed by atoms with van der Waals surface area (Å²) in [5, 5.41) is 3.09. The molecule has 0 radical (unpaired) electrons. The number of ketones is 1. The van der Waals surface area contributed by atoms with E-state index in [1.807, 2.05) is 42.5 Å². The van der Waals surface area contributed by atoms with E-state index in [-0.39, 0.29) is 5.78 Å². The van der Waals surface area contributed by atoms with Crippen molar-refractivity contribution in [2.24, 2.45) is 0 Å². The highest BCUT2D eigenvalue weighted by Crippen LogP contribution is 2.25. The molecule has 0 aliphatic carbocycles. The fourth-order valence-electron chi connectivity index (χ4n) is 2.47. The fraction of sp³-hybridized carbons (Fsp3) is 0.190. The predicted molar refractivity (Wildman–Crippen MR) is 97.9 cm³/mol. The van der Waals surface area contributed by atoms with Crippen LogP contribution in [0.2, 0.25) is 0 Å². The fourth-order valence-corrected chi connectivity index (χ4v) is 2.47. The molecule has 0 amide bonds. The number of hydrogen-bond acceptors (Lipinski definition) is 4. The molecule has 1 N–H and O–H groups in total. The van der Waals surface area contributed by atoms with Crippen molar-refractivity contribution in [3.63, 3.8) is 0 Å². The molecular formula is C21H21NO3. The summed E-state index contributed by atoms with van der Waals surface area (Å²) in [7, 11) is 0. The number of rotatable bonds is 6. The van der Waals surface area contributed by atoms with Gasteiger partial charge in [-0.3, -0.25) is 4.79 Å². The van der Waals surface area contributed by atoms with Gasteiger partial charge in [0.1, 0.15) is 0 Å². The van der Waals surface area contributed by atoms with Crippen molar-refractivity contribution in [1.82, 2.24) is 0 Å². The summed E-state index contributed by atoms with van der Waals surface area (Å²) in [5.74, 6) is 0.112. The van der Waals surface area contributed by atoms with Crippen LogP contribution in [0, 0.1) is 0 Å². The van der Waals surface area contributed by atoms with Gasteiger partial charge in [0.15, 0.2) is 5.76 Å². The molecule has 1 aliphatic heterocycles. The number of carbonyl (C=O) groups excluding carboxylic acids is 1. The quantitative estimate of drug-likeness (QED) is 0.796. The van der Waals surface area contributed by atoms with Crippen molar-refractivity contribution in [2.45, 2.75) is 19.6 Å². The lowest BCUT2D eigenvalue weighted by Gasteiger charge is -2.24. The second-order valence-corrected chi connectivity index (χ2v) is 5.65. The molecule has 0 saturated heterocycles. The molecule has 0 fully saturated rings. The zero-order valence-corrected chi connectivity index (χ0v) is 14.1. The van der Waals surface area contributed by atoms with Gasteiger partial charge in [-0.2, -0.15) is 0 Å². The number of anilines is 1. The minimum Gasteiger partial charge on any atom is -0.457 e. The first-order valence-corrected chi connectivity index (χ1v) is 8.36. The van der Waals surface area contributed by atoms with Gasteiger partial charge in [0, 0.05) is 23.5 Å². The van der Waals surface area contributed by atoms with Gasteiger partial charge in [-0.1, -0.05) is 49.4 Å². The Balaban J connectivity index is 1.57. The van der Waals surface area contributed by atoms with Gasteiger partial charge < -0.3 is 14.8 Å². The van der Waals surface area contributed by atoms with Crippen LogP contribution in [0.5, 0.6) is 0 Å². The molecule has 0 spiro atoms. The highest BCUT2D eigenvalue weighted by Gasteiger charge is 2.21. The van der Waals surface area contributed by atoms with Crippen molar-refractivity contribution >= 4 is 11.5 Å². The molecule has 1 heterocycles. The highest BCUT2D eigenvalue weighted by molar-refractivity contribution is 6.02. The van der Waals surface area contributed by atoms with E-state index in [0.29, 0.717) is 12.4 Å². The molecule has 1 aliphatic rings. The molecule has 1 atom stereocenters. The van der Waals surface area contributed by atoms with E-state index in [0.717, 1.165) is 17.7 Å². The van der Waals surface area contributed by atoms with Crippen LogP contribution in [0.3, 0.4) is 0 Å². The van der Waals surface area contributed by atoms with Gasteiger partial charge in [-0.15, -0.1) is 0 Å². The van der Waals surface area contributed by atoms with Crippen molar-refractivity contribution in [3.05, 3.63) is 89.8 Å². The van der Waals surface area contributed by atoms with Crippen molar-refractivity contribution in [3.8, 4) is 0 Å². The summed E-state index contributed by atoms with van der Waals surface area (Å²) in [5.41, 5.74) is 3.10. The molecule has 4 heteroatoms. The van der Waals surface area contributed by atoms with E-state index in [4.69, 9.17) is 9.47 Å². The molecule has 0 bridgehead atoms. The van der Waals surface area contributed by atoms with E-state index in [1.54, 1.807) is 12.3 Å². The lowest BCUT2D eigenvalue weighted by atomic mass is 10.1. The Morgan fingerprint density at radius 2 is 1.92 bits per heavy atom. The van der Waals surface area contributed by atoms with Crippen molar-refractivity contribution < 1.29 is 14.3 Å². The van der Waals surface area contributed by atoms with E-state index in [1.165, 1.54) is 11.6 Å². The second kappa shape index (κ2) is 8.31. The van der Waals surface area contributed by atoms with E-state index in [2.05, 4.69) is 24.4 Å².